The Kier molecular flexibility index (Phi) is 4.93. The number of hydrogen-bond donors (Lipinski definition) is 2. The second-order valence-electron chi connectivity index (χ2n) is 5.19. The van der Waals surface area contributed by atoms with E-state index in [-0.39, 0.29) is 36.8 Å². The van der Waals surface area contributed by atoms with Crippen molar-refractivity contribution in [2.24, 2.45) is 11.8 Å². The molecule has 98 valence electrons. The Morgan fingerprint density at radius 1 is 1.59 bits per heavy atom. The van der Waals surface area contributed by atoms with Crippen LogP contribution in [0.2, 0.25) is 0 Å². The molecule has 1 aliphatic rings. The normalized spacial score (nSPS) is 22.1. The summed E-state index contributed by atoms with van der Waals surface area (Å²) in [5.41, 5.74) is 0. The molecule has 5 heteroatoms. The maximum atomic E-state index is 11.9. The molecular formula is C12H22N2O3. The Hall–Kier alpha value is -1.10. The first-order valence-corrected chi connectivity index (χ1v) is 6.09. The van der Waals surface area contributed by atoms with Crippen molar-refractivity contribution in [2.45, 2.75) is 32.7 Å². The molecule has 0 aromatic heterocycles. The summed E-state index contributed by atoms with van der Waals surface area (Å²) in [5.74, 6) is 0.0333. The largest absolute Gasteiger partial charge is 0.394 e. The van der Waals surface area contributed by atoms with Gasteiger partial charge in [0, 0.05) is 20.0 Å². The van der Waals surface area contributed by atoms with Crippen molar-refractivity contribution in [3.8, 4) is 0 Å². The standard InChI is InChI=1S/C12H22N2O3/c1-8(2)4-10(7-15)13-12(17)9-5-11(16)14(3)6-9/h8-10,15H,4-7H2,1-3H3,(H,13,17). The van der Waals surface area contributed by atoms with E-state index in [9.17, 15) is 14.7 Å². The Morgan fingerprint density at radius 2 is 2.24 bits per heavy atom. The van der Waals surface area contributed by atoms with Crippen molar-refractivity contribution in [2.75, 3.05) is 20.2 Å². The number of carbonyl (C=O) groups excluding carboxylic acids is 2. The highest BCUT2D eigenvalue weighted by atomic mass is 16.3. The molecular weight excluding hydrogens is 220 g/mol. The number of likely N-dealkylation sites (tertiary alicyclic amines) is 1. The predicted molar refractivity (Wildman–Crippen MR) is 64.2 cm³/mol. The maximum absolute atomic E-state index is 11.9. The lowest BCUT2D eigenvalue weighted by molar-refractivity contribution is -0.128. The Morgan fingerprint density at radius 3 is 2.65 bits per heavy atom. The van der Waals surface area contributed by atoms with Crippen molar-refractivity contribution in [1.29, 1.82) is 0 Å². The average Bonchev–Trinajstić information content (AvgIpc) is 2.57. The zero-order valence-electron chi connectivity index (χ0n) is 10.8. The van der Waals surface area contributed by atoms with Crippen LogP contribution in [0.5, 0.6) is 0 Å². The van der Waals surface area contributed by atoms with Gasteiger partial charge in [-0.15, -0.1) is 0 Å². The fourth-order valence-corrected chi connectivity index (χ4v) is 2.11. The fraction of sp³-hybridized carbons (Fsp3) is 0.833. The van der Waals surface area contributed by atoms with Gasteiger partial charge < -0.3 is 15.3 Å². The maximum Gasteiger partial charge on any atom is 0.225 e. The van der Waals surface area contributed by atoms with Crippen LogP contribution < -0.4 is 5.32 Å². The highest BCUT2D eigenvalue weighted by molar-refractivity contribution is 5.89. The van der Waals surface area contributed by atoms with Crippen LogP contribution in [0.1, 0.15) is 26.7 Å². The minimum absolute atomic E-state index is 0.00885. The molecule has 2 amide bonds. The van der Waals surface area contributed by atoms with Gasteiger partial charge in [0.15, 0.2) is 0 Å². The van der Waals surface area contributed by atoms with Gasteiger partial charge in [-0.2, -0.15) is 0 Å². The van der Waals surface area contributed by atoms with Gasteiger partial charge in [0.2, 0.25) is 11.8 Å². The van der Waals surface area contributed by atoms with Gasteiger partial charge in [-0.05, 0) is 12.3 Å². The van der Waals surface area contributed by atoms with E-state index in [1.807, 2.05) is 13.8 Å². The van der Waals surface area contributed by atoms with Crippen LogP contribution in [-0.4, -0.2) is 48.1 Å². The Labute approximate surface area is 102 Å². The lowest BCUT2D eigenvalue weighted by Gasteiger charge is -2.20. The molecule has 1 heterocycles. The summed E-state index contributed by atoms with van der Waals surface area (Å²) < 4.78 is 0. The van der Waals surface area contributed by atoms with E-state index in [1.54, 1.807) is 11.9 Å². The monoisotopic (exact) mass is 242 g/mol. The quantitative estimate of drug-likeness (QED) is 0.712. The van der Waals surface area contributed by atoms with E-state index in [2.05, 4.69) is 5.32 Å². The summed E-state index contributed by atoms with van der Waals surface area (Å²) in [6, 6.07) is -0.205. The van der Waals surface area contributed by atoms with Gasteiger partial charge in [0.25, 0.3) is 0 Å². The summed E-state index contributed by atoms with van der Waals surface area (Å²) in [7, 11) is 1.70. The second kappa shape index (κ2) is 6.00. The first-order valence-electron chi connectivity index (χ1n) is 6.09. The third-order valence-corrected chi connectivity index (χ3v) is 3.03. The highest BCUT2D eigenvalue weighted by Gasteiger charge is 2.32. The predicted octanol–water partition coefficient (Wildman–Crippen LogP) is -0.0121. The minimum Gasteiger partial charge on any atom is -0.394 e. The van der Waals surface area contributed by atoms with Crippen molar-refractivity contribution >= 4 is 11.8 Å². The van der Waals surface area contributed by atoms with Gasteiger partial charge in [-0.1, -0.05) is 13.8 Å². The van der Waals surface area contributed by atoms with Gasteiger partial charge in [0.1, 0.15) is 0 Å². The van der Waals surface area contributed by atoms with Crippen molar-refractivity contribution in [3.05, 3.63) is 0 Å². The van der Waals surface area contributed by atoms with E-state index in [4.69, 9.17) is 0 Å². The lowest BCUT2D eigenvalue weighted by Crippen LogP contribution is -2.42. The molecule has 1 fully saturated rings. The molecule has 0 aliphatic carbocycles. The average molecular weight is 242 g/mol. The molecule has 5 nitrogen and oxygen atoms in total. The van der Waals surface area contributed by atoms with Gasteiger partial charge >= 0.3 is 0 Å². The summed E-state index contributed by atoms with van der Waals surface area (Å²) in [5, 5.41) is 12.0. The summed E-state index contributed by atoms with van der Waals surface area (Å²) in [6.07, 6.45) is 1.03. The zero-order chi connectivity index (χ0) is 13.0. The smallest absolute Gasteiger partial charge is 0.225 e. The summed E-state index contributed by atoms with van der Waals surface area (Å²) >= 11 is 0. The topological polar surface area (TPSA) is 69.6 Å². The summed E-state index contributed by atoms with van der Waals surface area (Å²) in [4.78, 5) is 24.8. The van der Waals surface area contributed by atoms with E-state index >= 15 is 0 Å². The van der Waals surface area contributed by atoms with Crippen LogP contribution in [0.15, 0.2) is 0 Å². The number of amides is 2. The molecule has 1 aliphatic heterocycles. The molecule has 0 spiro atoms. The zero-order valence-corrected chi connectivity index (χ0v) is 10.8. The van der Waals surface area contributed by atoms with Gasteiger partial charge in [-0.3, -0.25) is 9.59 Å². The number of rotatable bonds is 5. The van der Waals surface area contributed by atoms with Crippen molar-refractivity contribution in [1.82, 2.24) is 10.2 Å². The highest BCUT2D eigenvalue weighted by Crippen LogP contribution is 2.16. The van der Waals surface area contributed by atoms with Crippen molar-refractivity contribution in [3.63, 3.8) is 0 Å². The molecule has 17 heavy (non-hydrogen) atoms. The Balaban J connectivity index is 2.45. The van der Waals surface area contributed by atoms with Crippen LogP contribution in [0.3, 0.4) is 0 Å². The van der Waals surface area contributed by atoms with Crippen LogP contribution >= 0.6 is 0 Å². The second-order valence-corrected chi connectivity index (χ2v) is 5.19. The van der Waals surface area contributed by atoms with Gasteiger partial charge in [-0.25, -0.2) is 0 Å². The van der Waals surface area contributed by atoms with E-state index < -0.39 is 0 Å². The molecule has 0 aromatic rings. The first-order chi connectivity index (χ1) is 7.93. The fourth-order valence-electron chi connectivity index (χ4n) is 2.11. The van der Waals surface area contributed by atoms with Crippen LogP contribution in [0.25, 0.3) is 0 Å². The molecule has 0 saturated carbocycles. The third-order valence-electron chi connectivity index (χ3n) is 3.03. The lowest BCUT2D eigenvalue weighted by atomic mass is 10.0. The minimum atomic E-state index is -0.270. The Bertz CT molecular complexity index is 291. The molecule has 0 bridgehead atoms. The number of aliphatic hydroxyl groups is 1. The first kappa shape index (κ1) is 14.0. The van der Waals surface area contributed by atoms with Crippen LogP contribution in [-0.2, 0) is 9.59 Å². The van der Waals surface area contributed by atoms with Crippen LogP contribution in [0, 0.1) is 11.8 Å². The molecule has 1 rings (SSSR count). The number of aliphatic hydroxyl groups excluding tert-OH is 1. The van der Waals surface area contributed by atoms with Crippen molar-refractivity contribution < 1.29 is 14.7 Å². The number of nitrogens with one attached hydrogen (secondary N) is 1. The molecule has 1 saturated heterocycles. The number of carbonyl (C=O) groups is 2. The molecule has 0 aromatic carbocycles. The molecule has 0 radical (unpaired) electrons. The summed E-state index contributed by atoms with van der Waals surface area (Å²) in [6.45, 7) is 4.51. The number of nitrogens with zero attached hydrogens (tertiary/aromatic N) is 1. The number of hydrogen-bond acceptors (Lipinski definition) is 3. The molecule has 2 unspecified atom stereocenters. The molecule has 2 atom stereocenters. The van der Waals surface area contributed by atoms with E-state index in [1.165, 1.54) is 0 Å². The SMILES string of the molecule is CC(C)CC(CO)NC(=O)C1CC(=O)N(C)C1. The van der Waals surface area contributed by atoms with E-state index in [0.29, 0.717) is 12.5 Å². The van der Waals surface area contributed by atoms with Crippen LogP contribution in [0.4, 0.5) is 0 Å². The third kappa shape index (κ3) is 4.00. The van der Waals surface area contributed by atoms with Gasteiger partial charge in [0.05, 0.1) is 18.6 Å². The van der Waals surface area contributed by atoms with E-state index in [0.717, 1.165) is 6.42 Å². The molecule has 2 N–H and O–H groups in total.